The highest BCUT2D eigenvalue weighted by molar-refractivity contribution is 5.95. The van der Waals surface area contributed by atoms with Crippen LogP contribution in [0.25, 0.3) is 0 Å². The summed E-state index contributed by atoms with van der Waals surface area (Å²) < 4.78 is 0. The maximum atomic E-state index is 11.5. The van der Waals surface area contributed by atoms with Crippen molar-refractivity contribution in [2.24, 2.45) is 5.73 Å². The number of benzene rings is 1. The van der Waals surface area contributed by atoms with Crippen LogP contribution in [-0.2, 0) is 4.79 Å². The summed E-state index contributed by atoms with van der Waals surface area (Å²) in [6, 6.07) is 7.71. The van der Waals surface area contributed by atoms with E-state index in [2.05, 4.69) is 11.8 Å². The minimum atomic E-state index is 0.209. The van der Waals surface area contributed by atoms with Gasteiger partial charge in [0.1, 0.15) is 0 Å². The van der Waals surface area contributed by atoms with E-state index in [1.807, 2.05) is 29.2 Å². The molecule has 1 aliphatic rings. The van der Waals surface area contributed by atoms with Gasteiger partial charge in [-0.05, 0) is 30.7 Å². The first-order valence-corrected chi connectivity index (χ1v) is 5.40. The van der Waals surface area contributed by atoms with E-state index < -0.39 is 0 Å². The summed E-state index contributed by atoms with van der Waals surface area (Å²) in [6.07, 6.45) is 1.61. The zero-order valence-corrected chi connectivity index (χ0v) is 9.07. The Morgan fingerprint density at radius 1 is 1.31 bits per heavy atom. The molecule has 3 heteroatoms. The van der Waals surface area contributed by atoms with Crippen molar-refractivity contribution in [1.82, 2.24) is 0 Å². The van der Waals surface area contributed by atoms with Crippen molar-refractivity contribution in [2.45, 2.75) is 12.8 Å². The molecule has 1 aromatic rings. The molecule has 3 nitrogen and oxygen atoms in total. The lowest BCUT2D eigenvalue weighted by Crippen LogP contribution is -2.23. The number of anilines is 1. The lowest BCUT2D eigenvalue weighted by Gasteiger charge is -2.15. The van der Waals surface area contributed by atoms with Gasteiger partial charge in [-0.1, -0.05) is 11.8 Å². The van der Waals surface area contributed by atoms with Gasteiger partial charge in [0, 0.05) is 24.2 Å². The molecule has 2 N–H and O–H groups in total. The fourth-order valence-electron chi connectivity index (χ4n) is 1.80. The van der Waals surface area contributed by atoms with E-state index in [1.54, 1.807) is 0 Å². The molecule has 1 fully saturated rings. The summed E-state index contributed by atoms with van der Waals surface area (Å²) in [7, 11) is 0. The average molecular weight is 214 g/mol. The maximum absolute atomic E-state index is 11.5. The number of carbonyl (C=O) groups excluding carboxylic acids is 1. The number of hydrogen-bond donors (Lipinski definition) is 1. The third kappa shape index (κ3) is 2.23. The second kappa shape index (κ2) is 4.82. The van der Waals surface area contributed by atoms with E-state index >= 15 is 0 Å². The first kappa shape index (κ1) is 10.7. The van der Waals surface area contributed by atoms with Gasteiger partial charge in [0.2, 0.25) is 5.91 Å². The van der Waals surface area contributed by atoms with E-state index in [-0.39, 0.29) is 5.91 Å². The van der Waals surface area contributed by atoms with Crippen LogP contribution in [-0.4, -0.2) is 19.0 Å². The van der Waals surface area contributed by atoms with E-state index in [1.165, 1.54) is 0 Å². The molecule has 0 spiro atoms. The number of nitrogens with two attached hydrogens (primary N) is 1. The summed E-state index contributed by atoms with van der Waals surface area (Å²) >= 11 is 0. The van der Waals surface area contributed by atoms with Crippen molar-refractivity contribution < 1.29 is 4.79 Å². The molecule has 1 amide bonds. The van der Waals surface area contributed by atoms with Crippen LogP contribution < -0.4 is 10.6 Å². The molecular formula is C13H14N2O. The fraction of sp³-hybridized carbons (Fsp3) is 0.308. The molecule has 0 aromatic heterocycles. The number of carbonyl (C=O) groups is 1. The van der Waals surface area contributed by atoms with Gasteiger partial charge in [0.15, 0.2) is 0 Å². The molecule has 2 rings (SSSR count). The van der Waals surface area contributed by atoms with Gasteiger partial charge in [0.25, 0.3) is 0 Å². The maximum Gasteiger partial charge on any atom is 0.227 e. The molecule has 0 atom stereocenters. The molecule has 82 valence electrons. The summed E-state index contributed by atoms with van der Waals surface area (Å²) in [5.41, 5.74) is 7.19. The molecule has 0 bridgehead atoms. The monoisotopic (exact) mass is 214 g/mol. The Balaban J connectivity index is 2.15. The van der Waals surface area contributed by atoms with Crippen molar-refractivity contribution in [2.75, 3.05) is 18.0 Å². The van der Waals surface area contributed by atoms with Gasteiger partial charge in [-0.2, -0.15) is 0 Å². The van der Waals surface area contributed by atoms with Gasteiger partial charge >= 0.3 is 0 Å². The lowest BCUT2D eigenvalue weighted by atomic mass is 10.2. The fourth-order valence-corrected chi connectivity index (χ4v) is 1.80. The molecule has 16 heavy (non-hydrogen) atoms. The quantitative estimate of drug-likeness (QED) is 0.712. The van der Waals surface area contributed by atoms with Crippen LogP contribution in [0.2, 0.25) is 0 Å². The van der Waals surface area contributed by atoms with Crippen molar-refractivity contribution >= 4 is 11.6 Å². The third-order valence-corrected chi connectivity index (χ3v) is 2.59. The predicted octanol–water partition coefficient (Wildman–Crippen LogP) is 1.12. The number of amides is 1. The van der Waals surface area contributed by atoms with Crippen LogP contribution >= 0.6 is 0 Å². The van der Waals surface area contributed by atoms with Crippen LogP contribution in [0.5, 0.6) is 0 Å². The Hall–Kier alpha value is -1.79. The minimum Gasteiger partial charge on any atom is -0.320 e. The van der Waals surface area contributed by atoms with Crippen LogP contribution in [0.4, 0.5) is 5.69 Å². The first-order valence-electron chi connectivity index (χ1n) is 5.40. The van der Waals surface area contributed by atoms with Crippen LogP contribution in [0.1, 0.15) is 18.4 Å². The number of rotatable bonds is 1. The van der Waals surface area contributed by atoms with Gasteiger partial charge in [-0.25, -0.2) is 0 Å². The number of nitrogens with zero attached hydrogens (tertiary/aromatic N) is 1. The zero-order valence-electron chi connectivity index (χ0n) is 9.07. The standard InChI is InChI=1S/C13H14N2O/c14-9-1-3-11-5-7-12(8-6-11)15-10-2-4-13(15)16/h5-8H,2,4,9-10,14H2. The second-order valence-electron chi connectivity index (χ2n) is 3.70. The van der Waals surface area contributed by atoms with Crippen molar-refractivity contribution in [1.29, 1.82) is 0 Å². The van der Waals surface area contributed by atoms with Crippen LogP contribution in [0.3, 0.4) is 0 Å². The number of hydrogen-bond acceptors (Lipinski definition) is 2. The summed E-state index contributed by atoms with van der Waals surface area (Å²) in [5, 5.41) is 0. The summed E-state index contributed by atoms with van der Waals surface area (Å²) in [6.45, 7) is 1.19. The van der Waals surface area contributed by atoms with Gasteiger partial charge in [-0.15, -0.1) is 0 Å². The Kier molecular flexibility index (Phi) is 3.23. The molecule has 0 radical (unpaired) electrons. The molecule has 0 aliphatic carbocycles. The smallest absolute Gasteiger partial charge is 0.227 e. The van der Waals surface area contributed by atoms with E-state index in [0.717, 1.165) is 24.2 Å². The summed E-state index contributed by atoms with van der Waals surface area (Å²) in [5.74, 6) is 5.96. The van der Waals surface area contributed by atoms with Crippen molar-refractivity contribution in [3.8, 4) is 11.8 Å². The Morgan fingerprint density at radius 3 is 2.62 bits per heavy atom. The topological polar surface area (TPSA) is 46.3 Å². The van der Waals surface area contributed by atoms with Crippen LogP contribution in [0, 0.1) is 11.8 Å². The van der Waals surface area contributed by atoms with E-state index in [0.29, 0.717) is 13.0 Å². The predicted molar refractivity (Wildman–Crippen MR) is 64.0 cm³/mol. The lowest BCUT2D eigenvalue weighted by molar-refractivity contribution is -0.117. The zero-order chi connectivity index (χ0) is 11.4. The average Bonchev–Trinajstić information content (AvgIpc) is 2.74. The Labute approximate surface area is 95.2 Å². The molecule has 1 saturated heterocycles. The normalized spacial score (nSPS) is 14.8. The molecule has 1 heterocycles. The Morgan fingerprint density at radius 2 is 2.06 bits per heavy atom. The second-order valence-corrected chi connectivity index (χ2v) is 3.70. The van der Waals surface area contributed by atoms with Gasteiger partial charge in [0.05, 0.1) is 6.54 Å². The highest BCUT2D eigenvalue weighted by Gasteiger charge is 2.21. The highest BCUT2D eigenvalue weighted by atomic mass is 16.2. The Bertz CT molecular complexity index is 439. The SMILES string of the molecule is NCC#Cc1ccc(N2CCCC2=O)cc1. The summed E-state index contributed by atoms with van der Waals surface area (Å²) in [4.78, 5) is 13.3. The van der Waals surface area contributed by atoms with Crippen LogP contribution in [0.15, 0.2) is 24.3 Å². The van der Waals surface area contributed by atoms with Gasteiger partial charge < -0.3 is 10.6 Å². The molecular weight excluding hydrogens is 200 g/mol. The first-order chi connectivity index (χ1) is 7.81. The molecule has 0 saturated carbocycles. The van der Waals surface area contributed by atoms with Crippen molar-refractivity contribution in [3.05, 3.63) is 29.8 Å². The van der Waals surface area contributed by atoms with E-state index in [4.69, 9.17) is 5.73 Å². The molecule has 0 unspecified atom stereocenters. The van der Waals surface area contributed by atoms with E-state index in [9.17, 15) is 4.79 Å². The van der Waals surface area contributed by atoms with Crippen molar-refractivity contribution in [3.63, 3.8) is 0 Å². The van der Waals surface area contributed by atoms with Gasteiger partial charge in [-0.3, -0.25) is 4.79 Å². The molecule has 1 aromatic carbocycles. The molecule has 1 aliphatic heterocycles. The third-order valence-electron chi connectivity index (χ3n) is 2.59. The minimum absolute atomic E-state index is 0.209. The largest absolute Gasteiger partial charge is 0.320 e. The highest BCUT2D eigenvalue weighted by Crippen LogP contribution is 2.21.